The van der Waals surface area contributed by atoms with Crippen molar-refractivity contribution in [3.63, 3.8) is 0 Å². The normalized spacial score (nSPS) is 14.0. The topological polar surface area (TPSA) is 63.7 Å². The number of anilines is 1. The first kappa shape index (κ1) is 25.1. The average molecular weight is 514 g/mol. The van der Waals surface area contributed by atoms with Crippen molar-refractivity contribution in [2.24, 2.45) is 5.92 Å². The number of methoxy groups -OCH3 is 1. The molecule has 1 aliphatic rings. The largest absolute Gasteiger partial charge is 0.493 e. The van der Waals surface area contributed by atoms with E-state index in [9.17, 15) is 4.79 Å². The summed E-state index contributed by atoms with van der Waals surface area (Å²) in [4.78, 5) is 19.6. The van der Waals surface area contributed by atoms with E-state index in [0.717, 1.165) is 37.3 Å². The van der Waals surface area contributed by atoms with Crippen molar-refractivity contribution in [1.82, 2.24) is 10.3 Å². The summed E-state index contributed by atoms with van der Waals surface area (Å²) in [6.45, 7) is 2.91. The molecule has 0 unspecified atom stereocenters. The molecule has 1 saturated heterocycles. The Morgan fingerprint density at radius 3 is 2.63 bits per heavy atom. The number of hydrogen-bond donors (Lipinski definition) is 1. The van der Waals surface area contributed by atoms with Crippen LogP contribution >= 0.6 is 23.2 Å². The van der Waals surface area contributed by atoms with Crippen LogP contribution in [-0.4, -0.2) is 44.2 Å². The molecule has 184 valence electrons. The number of rotatable bonds is 9. The Morgan fingerprint density at radius 1 is 1.09 bits per heavy atom. The molecule has 0 bridgehead atoms. The number of carbonyl (C=O) groups is 1. The fraction of sp³-hybridized carbons (Fsp3) is 0.333. The first-order valence-corrected chi connectivity index (χ1v) is 12.5. The molecule has 1 aliphatic heterocycles. The van der Waals surface area contributed by atoms with Gasteiger partial charge in [-0.15, -0.1) is 0 Å². The van der Waals surface area contributed by atoms with Gasteiger partial charge in [0.1, 0.15) is 5.82 Å². The van der Waals surface area contributed by atoms with Gasteiger partial charge in [-0.2, -0.15) is 0 Å². The molecular weight excluding hydrogens is 485 g/mol. The summed E-state index contributed by atoms with van der Waals surface area (Å²) in [5.74, 6) is 2.43. The second-order valence-corrected chi connectivity index (χ2v) is 9.37. The highest BCUT2D eigenvalue weighted by atomic mass is 35.5. The third kappa shape index (κ3) is 6.80. The van der Waals surface area contributed by atoms with Crippen molar-refractivity contribution >= 4 is 34.9 Å². The zero-order chi connectivity index (χ0) is 24.6. The van der Waals surface area contributed by atoms with Gasteiger partial charge in [0.05, 0.1) is 13.7 Å². The van der Waals surface area contributed by atoms with Gasteiger partial charge in [0.25, 0.3) is 5.91 Å². The third-order valence-corrected chi connectivity index (χ3v) is 6.80. The van der Waals surface area contributed by atoms with Gasteiger partial charge in [-0.1, -0.05) is 35.3 Å². The first-order valence-electron chi connectivity index (χ1n) is 11.7. The summed E-state index contributed by atoms with van der Waals surface area (Å²) in [5, 5.41) is 4.28. The highest BCUT2D eigenvalue weighted by Crippen LogP contribution is 2.29. The first-order chi connectivity index (χ1) is 17.0. The Balaban J connectivity index is 1.29. The third-order valence-electron chi connectivity index (χ3n) is 6.21. The second kappa shape index (κ2) is 12.1. The van der Waals surface area contributed by atoms with Crippen LogP contribution in [0.5, 0.6) is 11.5 Å². The Hall–Kier alpha value is -2.96. The molecule has 0 spiro atoms. The van der Waals surface area contributed by atoms with Crippen LogP contribution in [0.25, 0.3) is 0 Å². The maximum absolute atomic E-state index is 12.8. The summed E-state index contributed by atoms with van der Waals surface area (Å²) in [6.07, 6.45) is 4.45. The molecule has 4 rings (SSSR count). The molecule has 2 aromatic carbocycles. The van der Waals surface area contributed by atoms with E-state index in [1.165, 1.54) is 0 Å². The summed E-state index contributed by atoms with van der Waals surface area (Å²) in [5.41, 5.74) is 1.48. The molecule has 6 nitrogen and oxygen atoms in total. The standard InChI is InChI=1S/C27H29Cl2N3O3/c1-34-24-8-6-21(16-25(24)35-15-11-20-5-7-22(28)17-23(20)29)27(33)31-18-19-9-13-32(14-10-19)26-4-2-3-12-30-26/h2-8,12,16-17,19H,9-11,13-15,18H2,1H3,(H,31,33). The smallest absolute Gasteiger partial charge is 0.251 e. The van der Waals surface area contributed by atoms with Crippen LogP contribution in [0, 0.1) is 5.92 Å². The van der Waals surface area contributed by atoms with Gasteiger partial charge in [-0.25, -0.2) is 4.98 Å². The number of benzene rings is 2. The Kier molecular flexibility index (Phi) is 8.72. The lowest BCUT2D eigenvalue weighted by Crippen LogP contribution is -2.39. The maximum atomic E-state index is 12.8. The fourth-order valence-electron chi connectivity index (χ4n) is 4.17. The second-order valence-electron chi connectivity index (χ2n) is 8.53. The summed E-state index contributed by atoms with van der Waals surface area (Å²) in [7, 11) is 1.58. The van der Waals surface area contributed by atoms with E-state index >= 15 is 0 Å². The Bertz CT molecular complexity index is 1140. The number of amides is 1. The summed E-state index contributed by atoms with van der Waals surface area (Å²) >= 11 is 12.2. The van der Waals surface area contributed by atoms with E-state index in [-0.39, 0.29) is 5.91 Å². The predicted molar refractivity (Wildman–Crippen MR) is 140 cm³/mol. The number of nitrogens with one attached hydrogen (secondary N) is 1. The number of carbonyl (C=O) groups excluding carboxylic acids is 1. The average Bonchev–Trinajstić information content (AvgIpc) is 2.89. The minimum atomic E-state index is -0.120. The molecule has 35 heavy (non-hydrogen) atoms. The van der Waals surface area contributed by atoms with Crippen LogP contribution in [0.15, 0.2) is 60.8 Å². The number of nitrogens with zero attached hydrogens (tertiary/aromatic N) is 2. The zero-order valence-electron chi connectivity index (χ0n) is 19.7. The SMILES string of the molecule is COc1ccc(C(=O)NCC2CCN(c3ccccn3)CC2)cc1OCCc1ccc(Cl)cc1Cl. The van der Waals surface area contributed by atoms with Gasteiger partial charge in [0.2, 0.25) is 0 Å². The number of halogens is 2. The van der Waals surface area contributed by atoms with E-state index < -0.39 is 0 Å². The maximum Gasteiger partial charge on any atom is 0.251 e. The molecule has 1 amide bonds. The highest BCUT2D eigenvalue weighted by molar-refractivity contribution is 6.35. The van der Waals surface area contributed by atoms with Crippen molar-refractivity contribution in [1.29, 1.82) is 0 Å². The number of aromatic nitrogens is 1. The lowest BCUT2D eigenvalue weighted by molar-refractivity contribution is 0.0944. The van der Waals surface area contributed by atoms with E-state index in [4.69, 9.17) is 32.7 Å². The molecular formula is C27H29Cl2N3O3. The number of piperidine rings is 1. The van der Waals surface area contributed by atoms with Crippen molar-refractivity contribution in [2.45, 2.75) is 19.3 Å². The van der Waals surface area contributed by atoms with Crippen LogP contribution < -0.4 is 19.7 Å². The van der Waals surface area contributed by atoms with Crippen LogP contribution in [0.3, 0.4) is 0 Å². The molecule has 0 aliphatic carbocycles. The molecule has 0 radical (unpaired) electrons. The van der Waals surface area contributed by atoms with Crippen LogP contribution in [-0.2, 0) is 6.42 Å². The molecule has 1 fully saturated rings. The van der Waals surface area contributed by atoms with Gasteiger partial charge in [-0.3, -0.25) is 4.79 Å². The fourth-order valence-corrected chi connectivity index (χ4v) is 4.68. The molecule has 8 heteroatoms. The molecule has 2 heterocycles. The molecule has 1 N–H and O–H groups in total. The van der Waals surface area contributed by atoms with Gasteiger partial charge in [0.15, 0.2) is 11.5 Å². The summed E-state index contributed by atoms with van der Waals surface area (Å²) in [6, 6.07) is 16.6. The molecule has 0 atom stereocenters. The highest BCUT2D eigenvalue weighted by Gasteiger charge is 2.21. The minimum Gasteiger partial charge on any atom is -0.493 e. The van der Waals surface area contributed by atoms with Crippen LogP contribution in [0.4, 0.5) is 5.82 Å². The number of hydrogen-bond acceptors (Lipinski definition) is 5. The van der Waals surface area contributed by atoms with Crippen molar-refractivity contribution in [2.75, 3.05) is 38.3 Å². The lowest BCUT2D eigenvalue weighted by atomic mass is 9.96. The van der Waals surface area contributed by atoms with E-state index in [1.54, 1.807) is 37.4 Å². The van der Waals surface area contributed by atoms with Gasteiger partial charge in [-0.05, 0) is 66.8 Å². The van der Waals surface area contributed by atoms with Crippen molar-refractivity contribution < 1.29 is 14.3 Å². The Morgan fingerprint density at radius 2 is 1.91 bits per heavy atom. The quantitative estimate of drug-likeness (QED) is 0.399. The number of pyridine rings is 1. The van der Waals surface area contributed by atoms with Crippen molar-refractivity contribution in [3.8, 4) is 11.5 Å². The number of ether oxygens (including phenoxy) is 2. The van der Waals surface area contributed by atoms with E-state index in [1.807, 2.05) is 30.5 Å². The molecule has 3 aromatic rings. The van der Waals surface area contributed by atoms with Gasteiger partial charge >= 0.3 is 0 Å². The predicted octanol–water partition coefficient (Wildman–Crippen LogP) is 5.66. The lowest BCUT2D eigenvalue weighted by Gasteiger charge is -2.32. The van der Waals surface area contributed by atoms with E-state index in [0.29, 0.717) is 52.6 Å². The monoisotopic (exact) mass is 513 g/mol. The zero-order valence-corrected chi connectivity index (χ0v) is 21.2. The van der Waals surface area contributed by atoms with E-state index in [2.05, 4.69) is 15.2 Å². The van der Waals surface area contributed by atoms with Gasteiger partial charge in [0, 0.05) is 47.9 Å². The minimum absolute atomic E-state index is 0.120. The summed E-state index contributed by atoms with van der Waals surface area (Å²) < 4.78 is 11.4. The molecule has 0 saturated carbocycles. The van der Waals surface area contributed by atoms with Gasteiger partial charge < -0.3 is 19.7 Å². The van der Waals surface area contributed by atoms with Crippen LogP contribution in [0.1, 0.15) is 28.8 Å². The Labute approximate surface area is 216 Å². The molecule has 1 aromatic heterocycles. The van der Waals surface area contributed by atoms with Crippen molar-refractivity contribution in [3.05, 3.63) is 82.0 Å². The van der Waals surface area contributed by atoms with Crippen LogP contribution in [0.2, 0.25) is 10.0 Å².